The molecule has 1 atom stereocenters. The summed E-state index contributed by atoms with van der Waals surface area (Å²) in [7, 11) is 1.59. The van der Waals surface area contributed by atoms with E-state index in [-0.39, 0.29) is 23.8 Å². The molecule has 0 aliphatic heterocycles. The van der Waals surface area contributed by atoms with Crippen molar-refractivity contribution in [3.8, 4) is 5.75 Å². The fourth-order valence-electron chi connectivity index (χ4n) is 3.22. The van der Waals surface area contributed by atoms with E-state index in [0.717, 1.165) is 25.7 Å². The fraction of sp³-hybridized carbons (Fsp3) is 0.600. The Balaban J connectivity index is 1.98. The van der Waals surface area contributed by atoms with Gasteiger partial charge in [-0.3, -0.25) is 9.59 Å². The molecule has 1 aromatic rings. The summed E-state index contributed by atoms with van der Waals surface area (Å²) in [5, 5.41) is 6.03. The molecule has 0 bridgehead atoms. The highest BCUT2D eigenvalue weighted by Gasteiger charge is 2.26. The average molecular weight is 346 g/mol. The number of carbonyl (C=O) groups excluding carboxylic acids is 2. The van der Waals surface area contributed by atoms with Gasteiger partial charge in [0.15, 0.2) is 0 Å². The Morgan fingerprint density at radius 1 is 1.04 bits per heavy atom. The average Bonchev–Trinajstić information content (AvgIpc) is 2.87. The van der Waals surface area contributed by atoms with E-state index in [1.807, 2.05) is 13.8 Å². The van der Waals surface area contributed by atoms with E-state index in [0.29, 0.717) is 11.3 Å². The number of rotatable bonds is 6. The second-order valence-corrected chi connectivity index (χ2v) is 7.12. The third kappa shape index (κ3) is 5.76. The van der Waals surface area contributed by atoms with Crippen molar-refractivity contribution >= 4 is 11.8 Å². The van der Waals surface area contributed by atoms with Crippen LogP contribution in [0.4, 0.5) is 0 Å². The molecule has 138 valence electrons. The van der Waals surface area contributed by atoms with Crippen molar-refractivity contribution < 1.29 is 14.3 Å². The summed E-state index contributed by atoms with van der Waals surface area (Å²) in [6.45, 7) is 3.90. The van der Waals surface area contributed by atoms with E-state index in [4.69, 9.17) is 4.74 Å². The molecule has 0 radical (unpaired) electrons. The fourth-order valence-corrected chi connectivity index (χ4v) is 3.22. The van der Waals surface area contributed by atoms with Gasteiger partial charge in [0.1, 0.15) is 11.8 Å². The number of carbonyl (C=O) groups is 2. The molecular formula is C20H30N2O3. The molecule has 1 saturated carbocycles. The van der Waals surface area contributed by atoms with Crippen LogP contribution in [0.2, 0.25) is 0 Å². The predicted molar refractivity (Wildman–Crippen MR) is 98.7 cm³/mol. The largest absolute Gasteiger partial charge is 0.497 e. The van der Waals surface area contributed by atoms with Gasteiger partial charge >= 0.3 is 0 Å². The van der Waals surface area contributed by atoms with Crippen LogP contribution in [0.25, 0.3) is 0 Å². The Morgan fingerprint density at radius 2 is 1.64 bits per heavy atom. The summed E-state index contributed by atoms with van der Waals surface area (Å²) in [4.78, 5) is 25.2. The van der Waals surface area contributed by atoms with Crippen LogP contribution in [0.5, 0.6) is 5.75 Å². The van der Waals surface area contributed by atoms with Crippen molar-refractivity contribution in [2.24, 2.45) is 5.92 Å². The van der Waals surface area contributed by atoms with Gasteiger partial charge in [0.2, 0.25) is 5.91 Å². The van der Waals surface area contributed by atoms with Crippen LogP contribution in [0.1, 0.15) is 62.7 Å². The van der Waals surface area contributed by atoms with E-state index in [9.17, 15) is 9.59 Å². The van der Waals surface area contributed by atoms with Crippen LogP contribution in [0, 0.1) is 5.92 Å². The molecule has 0 saturated heterocycles. The zero-order chi connectivity index (χ0) is 18.2. The molecule has 0 spiro atoms. The molecule has 2 amide bonds. The van der Waals surface area contributed by atoms with Gasteiger partial charge in [-0.2, -0.15) is 0 Å². The summed E-state index contributed by atoms with van der Waals surface area (Å²) in [6, 6.07) is 6.59. The van der Waals surface area contributed by atoms with E-state index in [2.05, 4.69) is 10.6 Å². The van der Waals surface area contributed by atoms with Gasteiger partial charge < -0.3 is 15.4 Å². The van der Waals surface area contributed by atoms with Crippen LogP contribution in [0.3, 0.4) is 0 Å². The molecular weight excluding hydrogens is 316 g/mol. The van der Waals surface area contributed by atoms with Crippen molar-refractivity contribution in [2.75, 3.05) is 7.11 Å². The van der Waals surface area contributed by atoms with Crippen LogP contribution in [0.15, 0.2) is 24.3 Å². The number of hydrogen-bond acceptors (Lipinski definition) is 3. The van der Waals surface area contributed by atoms with Crippen molar-refractivity contribution in [1.82, 2.24) is 10.6 Å². The highest BCUT2D eigenvalue weighted by atomic mass is 16.5. The first-order valence-electron chi connectivity index (χ1n) is 9.26. The molecule has 2 rings (SSSR count). The smallest absolute Gasteiger partial charge is 0.251 e. The lowest BCUT2D eigenvalue weighted by molar-refractivity contribution is -0.124. The number of amides is 2. The van der Waals surface area contributed by atoms with Gasteiger partial charge in [-0.05, 0) is 43.0 Å². The maximum atomic E-state index is 12.7. The Bertz CT molecular complexity index is 561. The zero-order valence-electron chi connectivity index (χ0n) is 15.5. The molecule has 5 nitrogen and oxygen atoms in total. The highest BCUT2D eigenvalue weighted by molar-refractivity contribution is 5.97. The summed E-state index contributed by atoms with van der Waals surface area (Å²) in [5.74, 6) is 0.400. The Hall–Kier alpha value is -2.04. The summed E-state index contributed by atoms with van der Waals surface area (Å²) < 4.78 is 5.11. The molecule has 1 fully saturated rings. The SMILES string of the molecule is COc1ccc(C(=O)NC(C(=O)NC2CCCCCC2)C(C)C)cc1. The minimum absolute atomic E-state index is 0.0213. The number of hydrogen-bond donors (Lipinski definition) is 2. The van der Waals surface area contributed by atoms with E-state index in [1.54, 1.807) is 31.4 Å². The number of benzene rings is 1. The molecule has 0 heterocycles. The van der Waals surface area contributed by atoms with Gasteiger partial charge in [0.25, 0.3) is 5.91 Å². The first kappa shape index (κ1) is 19.3. The second-order valence-electron chi connectivity index (χ2n) is 7.12. The number of nitrogens with one attached hydrogen (secondary N) is 2. The van der Waals surface area contributed by atoms with E-state index < -0.39 is 6.04 Å². The minimum atomic E-state index is -0.530. The standard InChI is InChI=1S/C20H30N2O3/c1-14(2)18(20(24)21-16-8-6-4-5-7-9-16)22-19(23)15-10-12-17(25-3)13-11-15/h10-14,16,18H,4-9H2,1-3H3,(H,21,24)(H,22,23). The van der Waals surface area contributed by atoms with Crippen LogP contribution in [-0.2, 0) is 4.79 Å². The van der Waals surface area contributed by atoms with Crippen molar-refractivity contribution in [3.05, 3.63) is 29.8 Å². The molecule has 1 unspecified atom stereocenters. The molecule has 25 heavy (non-hydrogen) atoms. The van der Waals surface area contributed by atoms with Crippen molar-refractivity contribution in [1.29, 1.82) is 0 Å². The maximum Gasteiger partial charge on any atom is 0.251 e. The van der Waals surface area contributed by atoms with Crippen LogP contribution < -0.4 is 15.4 Å². The minimum Gasteiger partial charge on any atom is -0.497 e. The summed E-state index contributed by atoms with van der Waals surface area (Å²) >= 11 is 0. The third-order valence-electron chi connectivity index (χ3n) is 4.79. The first-order valence-corrected chi connectivity index (χ1v) is 9.26. The number of methoxy groups -OCH3 is 1. The molecule has 5 heteroatoms. The predicted octanol–water partition coefficient (Wildman–Crippen LogP) is 3.29. The zero-order valence-corrected chi connectivity index (χ0v) is 15.5. The van der Waals surface area contributed by atoms with Crippen LogP contribution >= 0.6 is 0 Å². The first-order chi connectivity index (χ1) is 12.0. The highest BCUT2D eigenvalue weighted by Crippen LogP contribution is 2.18. The van der Waals surface area contributed by atoms with Gasteiger partial charge in [0.05, 0.1) is 7.11 Å². The molecule has 0 aromatic heterocycles. The van der Waals surface area contributed by atoms with E-state index >= 15 is 0 Å². The van der Waals surface area contributed by atoms with Gasteiger partial charge in [0, 0.05) is 11.6 Å². The Labute approximate surface area is 150 Å². The Kier molecular flexibility index (Phi) is 7.29. The van der Waals surface area contributed by atoms with Crippen molar-refractivity contribution in [3.63, 3.8) is 0 Å². The van der Waals surface area contributed by atoms with Gasteiger partial charge in [-0.1, -0.05) is 39.5 Å². The summed E-state index contributed by atoms with van der Waals surface area (Å²) in [5.41, 5.74) is 0.522. The lowest BCUT2D eigenvalue weighted by atomic mass is 10.0. The molecule has 1 aliphatic carbocycles. The monoisotopic (exact) mass is 346 g/mol. The second kappa shape index (κ2) is 9.44. The van der Waals surface area contributed by atoms with Crippen LogP contribution in [-0.4, -0.2) is 31.0 Å². The maximum absolute atomic E-state index is 12.7. The Morgan fingerprint density at radius 3 is 2.16 bits per heavy atom. The third-order valence-corrected chi connectivity index (χ3v) is 4.79. The van der Waals surface area contributed by atoms with Gasteiger partial charge in [-0.15, -0.1) is 0 Å². The topological polar surface area (TPSA) is 67.4 Å². The number of ether oxygens (including phenoxy) is 1. The quantitative estimate of drug-likeness (QED) is 0.777. The van der Waals surface area contributed by atoms with E-state index in [1.165, 1.54) is 12.8 Å². The lowest BCUT2D eigenvalue weighted by Crippen LogP contribution is -2.52. The normalized spacial score (nSPS) is 16.8. The molecule has 1 aromatic carbocycles. The van der Waals surface area contributed by atoms with Crippen molar-refractivity contribution in [2.45, 2.75) is 64.5 Å². The molecule has 1 aliphatic rings. The summed E-state index contributed by atoms with van der Waals surface area (Å²) in [6.07, 6.45) is 6.87. The molecule has 2 N–H and O–H groups in total. The lowest BCUT2D eigenvalue weighted by Gasteiger charge is -2.25. The van der Waals surface area contributed by atoms with Gasteiger partial charge in [-0.25, -0.2) is 0 Å².